The number of hydrogen-bond donors (Lipinski definition) is 1. The molecule has 0 saturated carbocycles. The highest BCUT2D eigenvalue weighted by molar-refractivity contribution is 9.10. The molecule has 1 saturated heterocycles. The van der Waals surface area contributed by atoms with Crippen molar-refractivity contribution in [1.29, 1.82) is 0 Å². The molecular formula is C15H22BrNO2. The van der Waals surface area contributed by atoms with Gasteiger partial charge < -0.3 is 14.8 Å². The molecule has 4 heteroatoms. The van der Waals surface area contributed by atoms with Crippen molar-refractivity contribution in [3.8, 4) is 5.75 Å². The van der Waals surface area contributed by atoms with Crippen LogP contribution < -0.4 is 10.1 Å². The maximum Gasteiger partial charge on any atom is 0.133 e. The van der Waals surface area contributed by atoms with Crippen molar-refractivity contribution in [3.63, 3.8) is 0 Å². The van der Waals surface area contributed by atoms with Gasteiger partial charge in [-0.25, -0.2) is 0 Å². The summed E-state index contributed by atoms with van der Waals surface area (Å²) < 4.78 is 12.8. The third-order valence-electron chi connectivity index (χ3n) is 3.33. The molecule has 1 aliphatic rings. The van der Waals surface area contributed by atoms with Gasteiger partial charge in [-0.05, 0) is 59.9 Å². The Morgan fingerprint density at radius 2 is 2.16 bits per heavy atom. The van der Waals surface area contributed by atoms with Gasteiger partial charge in [0.15, 0.2) is 0 Å². The fourth-order valence-corrected chi connectivity index (χ4v) is 2.87. The average Bonchev–Trinajstić information content (AvgIpc) is 2.83. The number of likely N-dealkylation sites (N-methyl/N-ethyl adjacent to an activating group) is 1. The quantitative estimate of drug-likeness (QED) is 0.869. The molecule has 1 aromatic carbocycles. The number of hydrogen-bond acceptors (Lipinski definition) is 3. The Morgan fingerprint density at radius 1 is 1.37 bits per heavy atom. The van der Waals surface area contributed by atoms with Crippen LogP contribution in [0.15, 0.2) is 22.7 Å². The van der Waals surface area contributed by atoms with Gasteiger partial charge in [-0.15, -0.1) is 0 Å². The third kappa shape index (κ3) is 4.48. The van der Waals surface area contributed by atoms with Crippen molar-refractivity contribution in [3.05, 3.63) is 28.2 Å². The molecule has 2 atom stereocenters. The SMILES string of the molecule is CCNCC1CCC(COc2ccc(C)cc2Br)O1. The first-order chi connectivity index (χ1) is 9.19. The molecule has 0 radical (unpaired) electrons. The number of nitrogens with one attached hydrogen (secondary N) is 1. The van der Waals surface area contributed by atoms with Crippen LogP contribution in [0.1, 0.15) is 25.3 Å². The highest BCUT2D eigenvalue weighted by atomic mass is 79.9. The maximum absolute atomic E-state index is 5.95. The molecule has 1 aromatic rings. The predicted octanol–water partition coefficient (Wildman–Crippen LogP) is 3.29. The molecule has 2 rings (SSSR count). The highest BCUT2D eigenvalue weighted by Gasteiger charge is 2.25. The molecule has 0 spiro atoms. The minimum absolute atomic E-state index is 0.219. The van der Waals surface area contributed by atoms with Crippen molar-refractivity contribution in [2.45, 2.75) is 38.9 Å². The van der Waals surface area contributed by atoms with E-state index in [9.17, 15) is 0 Å². The van der Waals surface area contributed by atoms with E-state index in [-0.39, 0.29) is 6.10 Å². The summed E-state index contributed by atoms with van der Waals surface area (Å²) in [6, 6.07) is 6.13. The number of rotatable bonds is 6. The summed E-state index contributed by atoms with van der Waals surface area (Å²) >= 11 is 3.53. The molecule has 0 aromatic heterocycles. The average molecular weight is 328 g/mol. The largest absolute Gasteiger partial charge is 0.490 e. The first-order valence-corrected chi connectivity index (χ1v) is 7.73. The van der Waals surface area contributed by atoms with Crippen LogP contribution in [-0.2, 0) is 4.74 Å². The van der Waals surface area contributed by atoms with Crippen molar-refractivity contribution in [1.82, 2.24) is 5.32 Å². The van der Waals surface area contributed by atoms with Gasteiger partial charge in [0, 0.05) is 6.54 Å². The molecule has 106 valence electrons. The van der Waals surface area contributed by atoms with Crippen LogP contribution in [0.5, 0.6) is 5.75 Å². The van der Waals surface area contributed by atoms with Gasteiger partial charge in [0.25, 0.3) is 0 Å². The van der Waals surface area contributed by atoms with Crippen LogP contribution in [0.25, 0.3) is 0 Å². The fourth-order valence-electron chi connectivity index (χ4n) is 2.26. The first-order valence-electron chi connectivity index (χ1n) is 6.94. The summed E-state index contributed by atoms with van der Waals surface area (Å²) in [7, 11) is 0. The van der Waals surface area contributed by atoms with Gasteiger partial charge in [-0.2, -0.15) is 0 Å². The zero-order chi connectivity index (χ0) is 13.7. The lowest BCUT2D eigenvalue weighted by Crippen LogP contribution is -2.28. The summed E-state index contributed by atoms with van der Waals surface area (Å²) in [6.45, 7) is 6.76. The van der Waals surface area contributed by atoms with E-state index in [0.29, 0.717) is 12.7 Å². The normalized spacial score (nSPS) is 22.7. The molecule has 1 heterocycles. The molecule has 1 fully saturated rings. The third-order valence-corrected chi connectivity index (χ3v) is 3.95. The Balaban J connectivity index is 1.77. The lowest BCUT2D eigenvalue weighted by Gasteiger charge is -2.15. The van der Waals surface area contributed by atoms with Crippen LogP contribution in [-0.4, -0.2) is 31.9 Å². The maximum atomic E-state index is 5.95. The lowest BCUT2D eigenvalue weighted by atomic mass is 10.2. The lowest BCUT2D eigenvalue weighted by molar-refractivity contribution is 0.0186. The predicted molar refractivity (Wildman–Crippen MR) is 80.8 cm³/mol. The van der Waals surface area contributed by atoms with Crippen LogP contribution >= 0.6 is 15.9 Å². The second-order valence-electron chi connectivity index (χ2n) is 5.01. The van der Waals surface area contributed by atoms with E-state index >= 15 is 0 Å². The monoisotopic (exact) mass is 327 g/mol. The summed E-state index contributed by atoms with van der Waals surface area (Å²) in [4.78, 5) is 0. The molecule has 0 bridgehead atoms. The summed E-state index contributed by atoms with van der Waals surface area (Å²) in [5.74, 6) is 0.893. The molecule has 0 aliphatic carbocycles. The van der Waals surface area contributed by atoms with E-state index in [1.165, 1.54) is 5.56 Å². The van der Waals surface area contributed by atoms with E-state index < -0.39 is 0 Å². The van der Waals surface area contributed by atoms with Crippen LogP contribution in [0.3, 0.4) is 0 Å². The van der Waals surface area contributed by atoms with Crippen molar-refractivity contribution in [2.75, 3.05) is 19.7 Å². The van der Waals surface area contributed by atoms with Crippen LogP contribution in [0.2, 0.25) is 0 Å². The first kappa shape index (κ1) is 14.8. The minimum atomic E-state index is 0.219. The van der Waals surface area contributed by atoms with Crippen molar-refractivity contribution >= 4 is 15.9 Å². The zero-order valence-electron chi connectivity index (χ0n) is 11.6. The number of ether oxygens (including phenoxy) is 2. The standard InChI is InChI=1S/C15H22BrNO2/c1-3-17-9-12-5-6-13(19-12)10-18-15-7-4-11(2)8-14(15)16/h4,7-8,12-13,17H,3,5-6,9-10H2,1-2H3. The Labute approximate surface area is 123 Å². The molecule has 1 aliphatic heterocycles. The van der Waals surface area contributed by atoms with Crippen molar-refractivity contribution in [2.24, 2.45) is 0 Å². The van der Waals surface area contributed by atoms with Gasteiger partial charge in [0.05, 0.1) is 16.7 Å². The Morgan fingerprint density at radius 3 is 2.89 bits per heavy atom. The van der Waals surface area contributed by atoms with E-state index in [0.717, 1.165) is 36.2 Å². The molecule has 2 unspecified atom stereocenters. The molecule has 3 nitrogen and oxygen atoms in total. The summed E-state index contributed by atoms with van der Waals surface area (Å²) in [5.41, 5.74) is 1.22. The Hall–Kier alpha value is -0.580. The molecule has 0 amide bonds. The van der Waals surface area contributed by atoms with Crippen molar-refractivity contribution < 1.29 is 9.47 Å². The van der Waals surface area contributed by atoms with E-state index in [1.807, 2.05) is 6.07 Å². The molecule has 19 heavy (non-hydrogen) atoms. The Bertz CT molecular complexity index is 411. The molecular weight excluding hydrogens is 306 g/mol. The number of aryl methyl sites for hydroxylation is 1. The van der Waals surface area contributed by atoms with Gasteiger partial charge >= 0.3 is 0 Å². The van der Waals surface area contributed by atoms with Gasteiger partial charge in [-0.3, -0.25) is 0 Å². The van der Waals surface area contributed by atoms with Crippen LogP contribution in [0.4, 0.5) is 0 Å². The smallest absolute Gasteiger partial charge is 0.133 e. The van der Waals surface area contributed by atoms with Crippen LogP contribution in [0, 0.1) is 6.92 Å². The Kier molecular flexibility index (Phi) is 5.67. The van der Waals surface area contributed by atoms with Gasteiger partial charge in [0.2, 0.25) is 0 Å². The van der Waals surface area contributed by atoms with Gasteiger partial charge in [-0.1, -0.05) is 13.0 Å². The van der Waals surface area contributed by atoms with E-state index in [4.69, 9.17) is 9.47 Å². The second-order valence-corrected chi connectivity index (χ2v) is 5.86. The minimum Gasteiger partial charge on any atom is -0.490 e. The zero-order valence-corrected chi connectivity index (χ0v) is 13.2. The number of benzene rings is 1. The highest BCUT2D eigenvalue weighted by Crippen LogP contribution is 2.27. The second kappa shape index (κ2) is 7.27. The molecule has 1 N–H and O–H groups in total. The summed E-state index contributed by atoms with van der Waals surface area (Å²) in [6.07, 6.45) is 2.77. The topological polar surface area (TPSA) is 30.5 Å². The van der Waals surface area contributed by atoms with E-state index in [1.54, 1.807) is 0 Å². The van der Waals surface area contributed by atoms with E-state index in [2.05, 4.69) is 47.2 Å². The fraction of sp³-hybridized carbons (Fsp3) is 0.600. The number of halogens is 1. The summed E-state index contributed by atoms with van der Waals surface area (Å²) in [5, 5.41) is 3.33. The van der Waals surface area contributed by atoms with Gasteiger partial charge in [0.1, 0.15) is 12.4 Å².